The van der Waals surface area contributed by atoms with Crippen LogP contribution in [0.25, 0.3) is 10.4 Å². The van der Waals surface area contributed by atoms with Crippen LogP contribution in [-0.2, 0) is 30.7 Å². The van der Waals surface area contributed by atoms with Crippen LogP contribution in [0, 0.1) is 34.5 Å². The molecular formula is C57H71F3N8O7S. The molecule has 1 saturated carbocycles. The predicted molar refractivity (Wildman–Crippen MR) is 282 cm³/mol. The van der Waals surface area contributed by atoms with Crippen molar-refractivity contribution in [2.45, 2.75) is 123 Å². The Labute approximate surface area is 447 Å². The van der Waals surface area contributed by atoms with Gasteiger partial charge in [-0.25, -0.2) is 4.98 Å². The number of hydrogen-bond donors (Lipinski definition) is 4. The maximum Gasteiger partial charge on any atom is 0.417 e. The number of benzene rings is 3. The zero-order chi connectivity index (χ0) is 55.1. The van der Waals surface area contributed by atoms with Gasteiger partial charge in [-0.3, -0.25) is 24.1 Å². The Hall–Kier alpha value is -5.91. The van der Waals surface area contributed by atoms with Gasteiger partial charge >= 0.3 is 6.18 Å². The van der Waals surface area contributed by atoms with Crippen molar-refractivity contribution >= 4 is 35.0 Å². The van der Waals surface area contributed by atoms with E-state index in [0.29, 0.717) is 31.9 Å². The number of thiazole rings is 1. The van der Waals surface area contributed by atoms with Crippen molar-refractivity contribution in [3.63, 3.8) is 0 Å². The molecule has 408 valence electrons. The molecule has 0 radical (unpaired) electrons. The zero-order valence-corrected chi connectivity index (χ0v) is 45.7. The number of piperazine rings is 1. The molecule has 4 aromatic rings. The Morgan fingerprint density at radius 2 is 1.58 bits per heavy atom. The van der Waals surface area contributed by atoms with Crippen molar-refractivity contribution in [3.05, 3.63) is 106 Å². The number of alkyl halides is 3. The number of rotatable bonds is 16. The Morgan fingerprint density at radius 3 is 2.14 bits per heavy atom. The minimum Gasteiger partial charge on any atom is -0.489 e. The zero-order valence-electron chi connectivity index (χ0n) is 44.8. The first kappa shape index (κ1) is 56.3. The summed E-state index contributed by atoms with van der Waals surface area (Å²) in [4.78, 5) is 66.8. The molecule has 0 bridgehead atoms. The summed E-state index contributed by atoms with van der Waals surface area (Å²) in [5, 5.41) is 29.2. The monoisotopic (exact) mass is 1070 g/mol. The highest BCUT2D eigenvalue weighted by molar-refractivity contribution is 7.13. The number of aliphatic hydroxyl groups is 1. The molecule has 1 unspecified atom stereocenters. The molecule has 4 aliphatic rings. The first-order valence-electron chi connectivity index (χ1n) is 26.0. The summed E-state index contributed by atoms with van der Waals surface area (Å²) in [6, 6.07) is 17.9. The smallest absolute Gasteiger partial charge is 0.417 e. The van der Waals surface area contributed by atoms with E-state index in [-0.39, 0.29) is 60.5 Å². The largest absolute Gasteiger partial charge is 0.489 e. The van der Waals surface area contributed by atoms with Crippen molar-refractivity contribution in [1.29, 1.82) is 5.26 Å². The predicted octanol–water partition coefficient (Wildman–Crippen LogP) is 7.27. The van der Waals surface area contributed by atoms with Crippen LogP contribution in [0.2, 0.25) is 0 Å². The van der Waals surface area contributed by atoms with Gasteiger partial charge in [0.15, 0.2) is 0 Å². The van der Waals surface area contributed by atoms with Crippen LogP contribution in [0.1, 0.15) is 113 Å². The fraction of sp³-hybridized carbons (Fsp3) is 0.544. The molecule has 3 aliphatic heterocycles. The standard InChI is InChI=1S/C57H71F3N8O7S/c1-34(36-10-12-37(13-11-36)46-35(2)62-33-76-46)63-49(72)44-26-41(69)29-68(44)50(73)47(53(3,4)5)64-45(70)30-67-24-22-66(23-25-67)21-20-56(31-74-32-56)40-17-14-38(15-18-40)48(71)65-51-54(6,7)52(55(51,8)9)75-42-19-16-39(28-61)43(27-42)57(58,59)60/h10-19,27,33-34,41,44,47,51-52,69H,20-26,29-32H2,1-9H3,(H,63,72)(H,64,70)(H,65,71)/t34?,41-,44+,47-,51-,52-/m1/s1. The van der Waals surface area contributed by atoms with Gasteiger partial charge in [0.1, 0.15) is 23.9 Å². The molecule has 4 atom stereocenters. The summed E-state index contributed by atoms with van der Waals surface area (Å²) in [7, 11) is 0. The van der Waals surface area contributed by atoms with Gasteiger partial charge in [0.2, 0.25) is 17.7 Å². The molecule has 15 nitrogen and oxygen atoms in total. The van der Waals surface area contributed by atoms with Crippen molar-refractivity contribution < 1.29 is 46.9 Å². The van der Waals surface area contributed by atoms with Crippen LogP contribution in [0.4, 0.5) is 13.2 Å². The van der Waals surface area contributed by atoms with E-state index in [9.17, 15) is 42.7 Å². The lowest BCUT2D eigenvalue weighted by atomic mass is 9.49. The molecule has 4 heterocycles. The van der Waals surface area contributed by atoms with Crippen molar-refractivity contribution in [1.82, 2.24) is 35.6 Å². The van der Waals surface area contributed by atoms with Crippen molar-refractivity contribution in [3.8, 4) is 22.3 Å². The van der Waals surface area contributed by atoms with Crippen LogP contribution in [0.15, 0.2) is 72.2 Å². The van der Waals surface area contributed by atoms with Gasteiger partial charge in [-0.05, 0) is 79.3 Å². The van der Waals surface area contributed by atoms with Gasteiger partial charge < -0.3 is 40.3 Å². The summed E-state index contributed by atoms with van der Waals surface area (Å²) >= 11 is 1.57. The number of aryl methyl sites for hydroxylation is 1. The summed E-state index contributed by atoms with van der Waals surface area (Å²) in [5.41, 5.74) is 2.51. The number of nitrogens with one attached hydrogen (secondary N) is 3. The van der Waals surface area contributed by atoms with Gasteiger partial charge in [0.05, 0.1) is 65.2 Å². The molecule has 4 N–H and O–H groups in total. The van der Waals surface area contributed by atoms with Gasteiger partial charge in [-0.15, -0.1) is 11.3 Å². The van der Waals surface area contributed by atoms with E-state index in [0.717, 1.165) is 65.4 Å². The summed E-state index contributed by atoms with van der Waals surface area (Å²) in [6.45, 7) is 21.9. The second kappa shape index (κ2) is 21.8. The number of β-amino-alcohol motifs (C(OH)–C–C–N with tert-alkyl or cyclic N) is 1. The summed E-state index contributed by atoms with van der Waals surface area (Å²) in [5.74, 6) is -1.34. The third-order valence-electron chi connectivity index (χ3n) is 16.1. The fourth-order valence-electron chi connectivity index (χ4n) is 11.8. The maximum absolute atomic E-state index is 14.3. The quantitative estimate of drug-likeness (QED) is 0.0884. The van der Waals surface area contributed by atoms with Crippen molar-refractivity contribution in [2.24, 2.45) is 16.2 Å². The first-order chi connectivity index (χ1) is 35.7. The highest BCUT2D eigenvalue weighted by Gasteiger charge is 2.64. The minimum atomic E-state index is -4.72. The molecule has 3 saturated heterocycles. The Bertz CT molecular complexity index is 2800. The van der Waals surface area contributed by atoms with E-state index in [1.807, 2.05) is 116 Å². The highest BCUT2D eigenvalue weighted by Crippen LogP contribution is 2.56. The van der Waals surface area contributed by atoms with Crippen LogP contribution in [0.5, 0.6) is 5.75 Å². The topological polar surface area (TPSA) is 189 Å². The molecule has 4 fully saturated rings. The minimum absolute atomic E-state index is 0.00234. The molecular weight excluding hydrogens is 998 g/mol. The lowest BCUT2D eigenvalue weighted by molar-refractivity contribution is -0.164. The summed E-state index contributed by atoms with van der Waals surface area (Å²) < 4.78 is 53.0. The number of likely N-dealkylation sites (tertiary alicyclic amines) is 1. The number of carbonyl (C=O) groups excluding carboxylic acids is 4. The molecule has 76 heavy (non-hydrogen) atoms. The first-order valence-corrected chi connectivity index (χ1v) is 26.9. The molecule has 0 spiro atoms. The van der Waals surface area contributed by atoms with Gasteiger partial charge in [0.25, 0.3) is 5.91 Å². The molecule has 4 amide bonds. The lowest BCUT2D eigenvalue weighted by Gasteiger charge is -2.63. The van der Waals surface area contributed by atoms with E-state index in [4.69, 9.17) is 9.47 Å². The highest BCUT2D eigenvalue weighted by atomic mass is 32.1. The van der Waals surface area contributed by atoms with Crippen molar-refractivity contribution in [2.75, 3.05) is 59.0 Å². The SMILES string of the molecule is Cc1ncsc1-c1ccc(C(C)NC(=O)[C@@H]2C[C@@H](O)CN2C(=O)[C@@H](NC(=O)CN2CCN(CCC3(c4ccc(C(=O)N[C@H]5C(C)(C)[C@H](Oc6ccc(C#N)c(C(F)(F)F)c6)C5(C)C)cc4)COC3)CC2)C(C)(C)C)cc1. The number of carbonyl (C=O) groups is 4. The third-order valence-corrected chi connectivity index (χ3v) is 17.1. The van der Waals surface area contributed by atoms with Gasteiger partial charge in [-0.2, -0.15) is 18.4 Å². The van der Waals surface area contributed by atoms with Crippen LogP contribution in [0.3, 0.4) is 0 Å². The number of aromatic nitrogens is 1. The summed E-state index contributed by atoms with van der Waals surface area (Å²) in [6.07, 6.45) is -5.22. The van der Waals surface area contributed by atoms with Gasteiger partial charge in [-0.1, -0.05) is 84.9 Å². The van der Waals surface area contributed by atoms with Gasteiger partial charge in [0, 0.05) is 67.0 Å². The molecule has 1 aromatic heterocycles. The number of halogens is 3. The van der Waals surface area contributed by atoms with E-state index in [1.165, 1.54) is 11.0 Å². The fourth-order valence-corrected chi connectivity index (χ4v) is 12.6. The number of nitriles is 1. The third kappa shape index (κ3) is 11.8. The number of aliphatic hydroxyl groups excluding tert-OH is 1. The number of amides is 4. The molecule has 19 heteroatoms. The Morgan fingerprint density at radius 1 is 0.934 bits per heavy atom. The lowest BCUT2D eigenvalue weighted by Crippen LogP contribution is -2.74. The molecule has 1 aliphatic carbocycles. The maximum atomic E-state index is 14.3. The van der Waals surface area contributed by atoms with E-state index in [2.05, 4.69) is 30.7 Å². The second-order valence-electron chi connectivity index (χ2n) is 23.5. The average Bonchev–Trinajstić information content (AvgIpc) is 3.98. The van der Waals surface area contributed by atoms with E-state index < -0.39 is 63.7 Å². The van der Waals surface area contributed by atoms with Crippen LogP contribution < -0.4 is 20.7 Å². The average molecular weight is 1070 g/mol. The number of hydrogen-bond acceptors (Lipinski definition) is 12. The van der Waals surface area contributed by atoms with Crippen LogP contribution >= 0.6 is 11.3 Å². The number of ether oxygens (including phenoxy) is 2. The Balaban J connectivity index is 0.799. The van der Waals surface area contributed by atoms with E-state index >= 15 is 0 Å². The second-order valence-corrected chi connectivity index (χ2v) is 24.3. The van der Waals surface area contributed by atoms with E-state index in [1.54, 1.807) is 17.4 Å². The van der Waals surface area contributed by atoms with Crippen LogP contribution in [-0.4, -0.2) is 138 Å². The molecule has 3 aromatic carbocycles. The normalized spacial score (nSPS) is 23.0. The Kier molecular flexibility index (Phi) is 16.2. The number of nitrogens with zero attached hydrogens (tertiary/aromatic N) is 5. The molecule has 8 rings (SSSR count).